The van der Waals surface area contributed by atoms with Crippen molar-refractivity contribution in [3.63, 3.8) is 0 Å². The highest BCUT2D eigenvalue weighted by molar-refractivity contribution is 5.76. The molecule has 1 aliphatic carbocycles. The molecule has 2 saturated heterocycles. The molecule has 2 heterocycles. The van der Waals surface area contributed by atoms with Crippen LogP contribution < -0.4 is 5.32 Å². The third-order valence-corrected chi connectivity index (χ3v) is 6.05. The largest absolute Gasteiger partial charge is 0.353 e. The number of rotatable bonds is 6. The van der Waals surface area contributed by atoms with Crippen LogP contribution >= 0.6 is 0 Å². The van der Waals surface area contributed by atoms with Crippen molar-refractivity contribution in [2.24, 2.45) is 5.92 Å². The van der Waals surface area contributed by atoms with E-state index < -0.39 is 0 Å². The van der Waals surface area contributed by atoms with Crippen LogP contribution in [-0.4, -0.2) is 61.0 Å². The summed E-state index contributed by atoms with van der Waals surface area (Å²) in [4.78, 5) is 17.3. The molecule has 4 nitrogen and oxygen atoms in total. The van der Waals surface area contributed by atoms with Crippen LogP contribution in [0, 0.1) is 5.92 Å². The van der Waals surface area contributed by atoms with Gasteiger partial charge in [-0.25, -0.2) is 0 Å². The molecule has 1 saturated carbocycles. The second-order valence-electron chi connectivity index (χ2n) is 7.95. The molecule has 2 aliphatic heterocycles. The van der Waals surface area contributed by atoms with Crippen molar-refractivity contribution < 1.29 is 4.79 Å². The number of hydrogen-bond acceptors (Lipinski definition) is 3. The summed E-state index contributed by atoms with van der Waals surface area (Å²) in [7, 11) is 0. The van der Waals surface area contributed by atoms with Gasteiger partial charge in [0.15, 0.2) is 0 Å². The van der Waals surface area contributed by atoms with Crippen LogP contribution in [-0.2, 0) is 4.79 Å². The van der Waals surface area contributed by atoms with Crippen molar-refractivity contribution in [3.8, 4) is 0 Å². The number of likely N-dealkylation sites (tertiary alicyclic amines) is 2. The molecule has 4 heteroatoms. The SMILES string of the molecule is O=C(CCN1CCC(CN2CCCC2)CC1)NC1CCCCC1. The molecule has 3 rings (SSSR count). The number of amides is 1. The summed E-state index contributed by atoms with van der Waals surface area (Å²) in [5.41, 5.74) is 0. The van der Waals surface area contributed by atoms with Gasteiger partial charge in [-0.15, -0.1) is 0 Å². The average Bonchev–Trinajstić information content (AvgIpc) is 3.08. The zero-order valence-electron chi connectivity index (χ0n) is 14.8. The van der Waals surface area contributed by atoms with Gasteiger partial charge in [-0.05, 0) is 70.6 Å². The fourth-order valence-electron chi connectivity index (χ4n) is 4.53. The fraction of sp³-hybridized carbons (Fsp3) is 0.947. The molecular weight excluding hydrogens is 286 g/mol. The predicted molar refractivity (Wildman–Crippen MR) is 94.5 cm³/mol. The van der Waals surface area contributed by atoms with Crippen molar-refractivity contribution in [3.05, 3.63) is 0 Å². The molecule has 132 valence electrons. The van der Waals surface area contributed by atoms with E-state index in [9.17, 15) is 4.79 Å². The molecule has 0 spiro atoms. The molecular formula is C19H35N3O. The summed E-state index contributed by atoms with van der Waals surface area (Å²) in [5.74, 6) is 1.16. The van der Waals surface area contributed by atoms with Gasteiger partial charge >= 0.3 is 0 Å². The van der Waals surface area contributed by atoms with Crippen molar-refractivity contribution in [2.45, 2.75) is 70.3 Å². The highest BCUT2D eigenvalue weighted by atomic mass is 16.1. The van der Waals surface area contributed by atoms with Crippen molar-refractivity contribution in [2.75, 3.05) is 39.3 Å². The third kappa shape index (κ3) is 5.75. The van der Waals surface area contributed by atoms with Gasteiger partial charge in [-0.3, -0.25) is 4.79 Å². The van der Waals surface area contributed by atoms with E-state index in [1.807, 2.05) is 0 Å². The summed E-state index contributed by atoms with van der Waals surface area (Å²) in [6, 6.07) is 0.461. The van der Waals surface area contributed by atoms with Crippen LogP contribution in [0.25, 0.3) is 0 Å². The van der Waals surface area contributed by atoms with E-state index in [1.54, 1.807) is 0 Å². The zero-order valence-corrected chi connectivity index (χ0v) is 14.8. The van der Waals surface area contributed by atoms with E-state index >= 15 is 0 Å². The number of carbonyl (C=O) groups excluding carboxylic acids is 1. The van der Waals surface area contributed by atoms with Crippen LogP contribution in [0.4, 0.5) is 0 Å². The first-order valence-electron chi connectivity index (χ1n) is 10.0. The highest BCUT2D eigenvalue weighted by Gasteiger charge is 2.23. The topological polar surface area (TPSA) is 35.6 Å². The lowest BCUT2D eigenvalue weighted by Crippen LogP contribution is -2.41. The van der Waals surface area contributed by atoms with Crippen LogP contribution in [0.2, 0.25) is 0 Å². The van der Waals surface area contributed by atoms with Gasteiger partial charge in [0.2, 0.25) is 5.91 Å². The van der Waals surface area contributed by atoms with Crippen LogP contribution in [0.15, 0.2) is 0 Å². The minimum atomic E-state index is 0.274. The Balaban J connectivity index is 1.27. The van der Waals surface area contributed by atoms with Gasteiger partial charge in [0.1, 0.15) is 0 Å². The van der Waals surface area contributed by atoms with E-state index in [2.05, 4.69) is 15.1 Å². The lowest BCUT2D eigenvalue weighted by Gasteiger charge is -2.33. The number of nitrogens with zero attached hydrogens (tertiary/aromatic N) is 2. The standard InChI is InChI=1S/C19H35N3O/c23-19(20-18-6-2-1-3-7-18)10-15-21-13-8-17(9-14-21)16-22-11-4-5-12-22/h17-18H,1-16H2,(H,20,23). The minimum Gasteiger partial charge on any atom is -0.353 e. The molecule has 0 unspecified atom stereocenters. The van der Waals surface area contributed by atoms with E-state index in [0.29, 0.717) is 12.5 Å². The molecule has 0 bridgehead atoms. The Bertz CT molecular complexity index is 354. The molecule has 0 aromatic carbocycles. The van der Waals surface area contributed by atoms with Gasteiger partial charge in [0.25, 0.3) is 0 Å². The monoisotopic (exact) mass is 321 g/mol. The fourth-order valence-corrected chi connectivity index (χ4v) is 4.53. The van der Waals surface area contributed by atoms with Crippen LogP contribution in [0.5, 0.6) is 0 Å². The van der Waals surface area contributed by atoms with Gasteiger partial charge in [-0.1, -0.05) is 19.3 Å². The summed E-state index contributed by atoms with van der Waals surface area (Å²) in [6.45, 7) is 7.29. The smallest absolute Gasteiger partial charge is 0.221 e. The maximum atomic E-state index is 12.1. The van der Waals surface area contributed by atoms with E-state index in [4.69, 9.17) is 0 Å². The maximum Gasteiger partial charge on any atom is 0.221 e. The number of piperidine rings is 1. The molecule has 3 aliphatic rings. The van der Waals surface area contributed by atoms with Gasteiger partial charge in [-0.2, -0.15) is 0 Å². The third-order valence-electron chi connectivity index (χ3n) is 6.05. The lowest BCUT2D eigenvalue weighted by atomic mass is 9.95. The molecule has 1 N–H and O–H groups in total. The van der Waals surface area contributed by atoms with E-state index in [0.717, 1.165) is 12.5 Å². The Kier molecular flexibility index (Phi) is 6.76. The Hall–Kier alpha value is -0.610. The zero-order chi connectivity index (χ0) is 15.9. The first kappa shape index (κ1) is 17.2. The second kappa shape index (κ2) is 9.03. The van der Waals surface area contributed by atoms with Gasteiger partial charge in [0, 0.05) is 25.6 Å². The van der Waals surface area contributed by atoms with Crippen LogP contribution in [0.1, 0.15) is 64.2 Å². The Morgan fingerprint density at radius 1 is 0.826 bits per heavy atom. The molecule has 0 atom stereocenters. The van der Waals surface area contributed by atoms with E-state index in [1.165, 1.54) is 90.5 Å². The molecule has 0 radical (unpaired) electrons. The predicted octanol–water partition coefficient (Wildman–Crippen LogP) is 2.63. The number of nitrogens with one attached hydrogen (secondary N) is 1. The second-order valence-corrected chi connectivity index (χ2v) is 7.95. The molecule has 0 aromatic heterocycles. The van der Waals surface area contributed by atoms with Crippen molar-refractivity contribution in [1.82, 2.24) is 15.1 Å². The quantitative estimate of drug-likeness (QED) is 0.817. The lowest BCUT2D eigenvalue weighted by molar-refractivity contribution is -0.122. The molecule has 1 amide bonds. The van der Waals surface area contributed by atoms with Gasteiger partial charge in [0.05, 0.1) is 0 Å². The molecule has 3 fully saturated rings. The van der Waals surface area contributed by atoms with Gasteiger partial charge < -0.3 is 15.1 Å². The average molecular weight is 322 g/mol. The Morgan fingerprint density at radius 2 is 1.52 bits per heavy atom. The summed E-state index contributed by atoms with van der Waals surface area (Å²) >= 11 is 0. The Morgan fingerprint density at radius 3 is 2.22 bits per heavy atom. The number of carbonyl (C=O) groups is 1. The molecule has 0 aromatic rings. The first-order valence-corrected chi connectivity index (χ1v) is 10.0. The maximum absolute atomic E-state index is 12.1. The number of hydrogen-bond donors (Lipinski definition) is 1. The normalized spacial score (nSPS) is 25.7. The van der Waals surface area contributed by atoms with Crippen molar-refractivity contribution in [1.29, 1.82) is 0 Å². The summed E-state index contributed by atoms with van der Waals surface area (Å²) in [5, 5.41) is 3.24. The first-order chi connectivity index (χ1) is 11.3. The minimum absolute atomic E-state index is 0.274. The Labute approximate surface area is 142 Å². The summed E-state index contributed by atoms with van der Waals surface area (Å²) < 4.78 is 0. The van der Waals surface area contributed by atoms with Crippen LogP contribution in [0.3, 0.4) is 0 Å². The summed E-state index contributed by atoms with van der Waals surface area (Å²) in [6.07, 6.45) is 12.4. The van der Waals surface area contributed by atoms with Crippen molar-refractivity contribution >= 4 is 5.91 Å². The molecule has 23 heavy (non-hydrogen) atoms. The highest BCUT2D eigenvalue weighted by Crippen LogP contribution is 2.21. The van der Waals surface area contributed by atoms with E-state index in [-0.39, 0.29) is 5.91 Å².